The summed E-state index contributed by atoms with van der Waals surface area (Å²) in [6, 6.07) is 10.8. The van der Waals surface area contributed by atoms with E-state index in [1.807, 2.05) is 24.3 Å². The Kier molecular flexibility index (Phi) is 7.14. The Balaban J connectivity index is 1.99. The summed E-state index contributed by atoms with van der Waals surface area (Å²) in [6.45, 7) is 5.99. The Labute approximate surface area is 153 Å². The van der Waals surface area contributed by atoms with Crippen LogP contribution in [0.4, 0.5) is 5.69 Å². The summed E-state index contributed by atoms with van der Waals surface area (Å²) < 4.78 is 10.4. The summed E-state index contributed by atoms with van der Waals surface area (Å²) in [5.41, 5.74) is 1.99. The number of aromatic nitrogens is 1. The molecule has 26 heavy (non-hydrogen) atoms. The molecule has 0 saturated carbocycles. The quantitative estimate of drug-likeness (QED) is 0.728. The van der Waals surface area contributed by atoms with Gasteiger partial charge in [0.05, 0.1) is 6.61 Å². The fourth-order valence-electron chi connectivity index (χ4n) is 2.45. The number of benzene rings is 1. The van der Waals surface area contributed by atoms with Gasteiger partial charge in [-0.05, 0) is 43.0 Å². The van der Waals surface area contributed by atoms with Gasteiger partial charge in [-0.1, -0.05) is 32.0 Å². The number of amides is 1. The van der Waals surface area contributed by atoms with Crippen LogP contribution >= 0.6 is 0 Å². The highest BCUT2D eigenvalue weighted by Crippen LogP contribution is 2.26. The number of hydrogen-bond acceptors (Lipinski definition) is 5. The minimum absolute atomic E-state index is 0.196. The summed E-state index contributed by atoms with van der Waals surface area (Å²) in [5, 5.41) is 2.81. The Bertz CT molecular complexity index is 761. The topological polar surface area (TPSA) is 77.5 Å². The van der Waals surface area contributed by atoms with E-state index in [0.717, 1.165) is 17.7 Å². The molecule has 1 aromatic carbocycles. The van der Waals surface area contributed by atoms with Gasteiger partial charge < -0.3 is 14.8 Å². The standard InChI is InChI=1S/C20H24N2O4/c1-4-14(3)15-9-6-7-11-17(15)22-18(23)13-26-20(24)16-10-8-12-21-19(16)25-5-2/h6-12,14H,4-5,13H2,1-3H3,(H,22,23). The third-order valence-corrected chi connectivity index (χ3v) is 3.98. The van der Waals surface area contributed by atoms with E-state index in [4.69, 9.17) is 9.47 Å². The second-order valence-electron chi connectivity index (χ2n) is 5.81. The second kappa shape index (κ2) is 9.56. The lowest BCUT2D eigenvalue weighted by Gasteiger charge is -2.15. The lowest BCUT2D eigenvalue weighted by Crippen LogP contribution is -2.22. The van der Waals surface area contributed by atoms with Crippen molar-refractivity contribution in [2.45, 2.75) is 33.1 Å². The van der Waals surface area contributed by atoms with Crippen molar-refractivity contribution in [3.05, 3.63) is 53.7 Å². The van der Waals surface area contributed by atoms with Crippen molar-refractivity contribution in [1.82, 2.24) is 4.98 Å². The highest BCUT2D eigenvalue weighted by molar-refractivity contribution is 5.96. The highest BCUT2D eigenvalue weighted by Gasteiger charge is 2.17. The zero-order valence-corrected chi connectivity index (χ0v) is 15.3. The third-order valence-electron chi connectivity index (χ3n) is 3.98. The van der Waals surface area contributed by atoms with Crippen LogP contribution in [0.3, 0.4) is 0 Å². The number of esters is 1. The van der Waals surface area contributed by atoms with Crippen LogP contribution in [0.1, 0.15) is 49.0 Å². The van der Waals surface area contributed by atoms with Crippen molar-refractivity contribution in [3.63, 3.8) is 0 Å². The molecule has 0 aliphatic heterocycles. The summed E-state index contributed by atoms with van der Waals surface area (Å²) in [7, 11) is 0. The molecule has 138 valence electrons. The molecule has 2 rings (SSSR count). The molecule has 0 bridgehead atoms. The fourth-order valence-corrected chi connectivity index (χ4v) is 2.45. The predicted octanol–water partition coefficient (Wildman–Crippen LogP) is 3.79. The number of anilines is 1. The SMILES string of the molecule is CCOc1ncccc1C(=O)OCC(=O)Nc1ccccc1C(C)CC. The predicted molar refractivity (Wildman–Crippen MR) is 99.5 cm³/mol. The zero-order chi connectivity index (χ0) is 18.9. The number of pyridine rings is 1. The zero-order valence-electron chi connectivity index (χ0n) is 15.3. The van der Waals surface area contributed by atoms with Gasteiger partial charge in [0.15, 0.2) is 6.61 Å². The maximum absolute atomic E-state index is 12.2. The third kappa shape index (κ3) is 5.05. The molecule has 0 fully saturated rings. The van der Waals surface area contributed by atoms with E-state index >= 15 is 0 Å². The monoisotopic (exact) mass is 356 g/mol. The molecular formula is C20H24N2O4. The molecule has 2 aromatic rings. The Morgan fingerprint density at radius 3 is 2.65 bits per heavy atom. The van der Waals surface area contributed by atoms with Gasteiger partial charge in [-0.2, -0.15) is 0 Å². The molecule has 1 unspecified atom stereocenters. The number of rotatable bonds is 8. The van der Waals surface area contributed by atoms with E-state index in [0.29, 0.717) is 12.5 Å². The second-order valence-corrected chi connectivity index (χ2v) is 5.81. The molecule has 0 aliphatic carbocycles. The van der Waals surface area contributed by atoms with Crippen molar-refractivity contribution in [2.24, 2.45) is 0 Å². The summed E-state index contributed by atoms with van der Waals surface area (Å²) in [4.78, 5) is 28.4. The average molecular weight is 356 g/mol. The van der Waals surface area contributed by atoms with Crippen LogP contribution < -0.4 is 10.1 Å². The number of nitrogens with one attached hydrogen (secondary N) is 1. The van der Waals surface area contributed by atoms with Gasteiger partial charge in [0, 0.05) is 11.9 Å². The van der Waals surface area contributed by atoms with E-state index in [2.05, 4.69) is 24.1 Å². The first-order valence-corrected chi connectivity index (χ1v) is 8.70. The Morgan fingerprint density at radius 1 is 1.15 bits per heavy atom. The number of nitrogens with zero attached hydrogens (tertiary/aromatic N) is 1. The summed E-state index contributed by atoms with van der Waals surface area (Å²) >= 11 is 0. The molecule has 1 amide bonds. The highest BCUT2D eigenvalue weighted by atomic mass is 16.5. The number of hydrogen-bond donors (Lipinski definition) is 1. The van der Waals surface area contributed by atoms with Crippen molar-refractivity contribution < 1.29 is 19.1 Å². The summed E-state index contributed by atoms with van der Waals surface area (Å²) in [6.07, 6.45) is 2.49. The van der Waals surface area contributed by atoms with Crippen LogP contribution in [-0.2, 0) is 9.53 Å². The van der Waals surface area contributed by atoms with E-state index < -0.39 is 11.9 Å². The van der Waals surface area contributed by atoms with Gasteiger partial charge in [-0.15, -0.1) is 0 Å². The normalized spacial score (nSPS) is 11.5. The van der Waals surface area contributed by atoms with Gasteiger partial charge in [-0.25, -0.2) is 9.78 Å². The van der Waals surface area contributed by atoms with Crippen molar-refractivity contribution in [2.75, 3.05) is 18.5 Å². The summed E-state index contributed by atoms with van der Waals surface area (Å²) in [5.74, 6) is -0.524. The number of ether oxygens (including phenoxy) is 2. The lowest BCUT2D eigenvalue weighted by atomic mass is 9.97. The molecule has 0 radical (unpaired) electrons. The molecule has 6 heteroatoms. The molecule has 1 N–H and O–H groups in total. The molecule has 0 spiro atoms. The number of carbonyl (C=O) groups excluding carboxylic acids is 2. The molecule has 6 nitrogen and oxygen atoms in total. The number of para-hydroxylation sites is 1. The van der Waals surface area contributed by atoms with E-state index in [1.54, 1.807) is 19.1 Å². The molecule has 0 saturated heterocycles. The molecule has 0 aliphatic rings. The van der Waals surface area contributed by atoms with E-state index in [-0.39, 0.29) is 18.1 Å². The van der Waals surface area contributed by atoms with Gasteiger partial charge in [0.25, 0.3) is 5.91 Å². The molecular weight excluding hydrogens is 332 g/mol. The maximum Gasteiger partial charge on any atom is 0.344 e. The molecule has 1 aromatic heterocycles. The average Bonchev–Trinajstić information content (AvgIpc) is 2.66. The van der Waals surface area contributed by atoms with Crippen molar-refractivity contribution in [3.8, 4) is 5.88 Å². The largest absolute Gasteiger partial charge is 0.477 e. The Morgan fingerprint density at radius 2 is 1.92 bits per heavy atom. The van der Waals surface area contributed by atoms with Crippen LogP contribution in [-0.4, -0.2) is 30.1 Å². The van der Waals surface area contributed by atoms with Gasteiger partial charge >= 0.3 is 5.97 Å². The van der Waals surface area contributed by atoms with Crippen LogP contribution in [0, 0.1) is 0 Å². The van der Waals surface area contributed by atoms with E-state index in [1.165, 1.54) is 6.20 Å². The van der Waals surface area contributed by atoms with Crippen LogP contribution in [0.15, 0.2) is 42.6 Å². The van der Waals surface area contributed by atoms with Crippen LogP contribution in [0.25, 0.3) is 0 Å². The minimum Gasteiger partial charge on any atom is -0.477 e. The number of carbonyl (C=O) groups is 2. The first-order valence-electron chi connectivity index (χ1n) is 8.70. The van der Waals surface area contributed by atoms with Gasteiger partial charge in [0.2, 0.25) is 5.88 Å². The smallest absolute Gasteiger partial charge is 0.344 e. The van der Waals surface area contributed by atoms with Gasteiger partial charge in [-0.3, -0.25) is 4.79 Å². The maximum atomic E-state index is 12.2. The fraction of sp³-hybridized carbons (Fsp3) is 0.350. The first kappa shape index (κ1) is 19.4. The Hall–Kier alpha value is -2.89. The lowest BCUT2D eigenvalue weighted by molar-refractivity contribution is -0.119. The van der Waals surface area contributed by atoms with Gasteiger partial charge in [0.1, 0.15) is 5.56 Å². The first-order chi connectivity index (χ1) is 12.6. The van der Waals surface area contributed by atoms with Crippen LogP contribution in [0.5, 0.6) is 5.88 Å². The van der Waals surface area contributed by atoms with Crippen molar-refractivity contribution >= 4 is 17.6 Å². The van der Waals surface area contributed by atoms with Crippen LogP contribution in [0.2, 0.25) is 0 Å². The molecule has 1 atom stereocenters. The van der Waals surface area contributed by atoms with Crippen molar-refractivity contribution in [1.29, 1.82) is 0 Å². The molecule has 1 heterocycles. The van der Waals surface area contributed by atoms with E-state index in [9.17, 15) is 9.59 Å². The minimum atomic E-state index is -0.646.